The highest BCUT2D eigenvalue weighted by molar-refractivity contribution is 5.21. The summed E-state index contributed by atoms with van der Waals surface area (Å²) in [4.78, 5) is 2.59. The second kappa shape index (κ2) is 4.10. The quantitative estimate of drug-likeness (QED) is 0.839. The van der Waals surface area contributed by atoms with Crippen LogP contribution < -0.4 is 5.32 Å². The molecule has 3 heterocycles. The summed E-state index contributed by atoms with van der Waals surface area (Å²) in [5, 5.41) is 7.54. The van der Waals surface area contributed by atoms with Gasteiger partial charge < -0.3 is 9.84 Å². The zero-order chi connectivity index (χ0) is 12.0. The van der Waals surface area contributed by atoms with E-state index in [-0.39, 0.29) is 0 Å². The second-order valence-electron chi connectivity index (χ2n) is 5.55. The average molecular weight is 235 g/mol. The summed E-state index contributed by atoms with van der Waals surface area (Å²) in [6, 6.07) is 0.670. The standard InChI is InChI=1S/C13H21N3O/c1-8-13(10(3)17-15-8)7-16-6-11-4-14-5-12(11)9(16)2/h9,11-12,14H,4-7H2,1-3H3. The van der Waals surface area contributed by atoms with Gasteiger partial charge in [0.05, 0.1) is 5.69 Å². The van der Waals surface area contributed by atoms with Crippen molar-refractivity contribution in [1.82, 2.24) is 15.4 Å². The van der Waals surface area contributed by atoms with Gasteiger partial charge in [-0.3, -0.25) is 4.90 Å². The molecule has 0 aliphatic carbocycles. The maximum absolute atomic E-state index is 5.25. The molecule has 2 fully saturated rings. The van der Waals surface area contributed by atoms with Gasteiger partial charge in [-0.25, -0.2) is 0 Å². The minimum absolute atomic E-state index is 0.670. The van der Waals surface area contributed by atoms with Crippen molar-refractivity contribution >= 4 is 0 Å². The molecule has 1 aromatic heterocycles. The number of rotatable bonds is 2. The highest BCUT2D eigenvalue weighted by Crippen LogP contribution is 2.33. The zero-order valence-electron chi connectivity index (χ0n) is 10.9. The summed E-state index contributed by atoms with van der Waals surface area (Å²) in [5.41, 5.74) is 2.33. The third kappa shape index (κ3) is 1.79. The minimum Gasteiger partial charge on any atom is -0.361 e. The van der Waals surface area contributed by atoms with Gasteiger partial charge in [0.15, 0.2) is 0 Å². The van der Waals surface area contributed by atoms with E-state index >= 15 is 0 Å². The van der Waals surface area contributed by atoms with Gasteiger partial charge in [-0.1, -0.05) is 5.16 Å². The van der Waals surface area contributed by atoms with Crippen molar-refractivity contribution in [2.75, 3.05) is 19.6 Å². The summed E-state index contributed by atoms with van der Waals surface area (Å²) < 4.78 is 5.25. The van der Waals surface area contributed by atoms with Crippen molar-refractivity contribution in [3.05, 3.63) is 17.0 Å². The molecule has 0 saturated carbocycles. The molecule has 94 valence electrons. The van der Waals surface area contributed by atoms with Gasteiger partial charge in [0.2, 0.25) is 0 Å². The molecule has 0 spiro atoms. The van der Waals surface area contributed by atoms with Gasteiger partial charge in [0.25, 0.3) is 0 Å². The highest BCUT2D eigenvalue weighted by atomic mass is 16.5. The van der Waals surface area contributed by atoms with Crippen LogP contribution in [0.15, 0.2) is 4.52 Å². The lowest BCUT2D eigenvalue weighted by Crippen LogP contribution is -2.33. The third-order valence-corrected chi connectivity index (χ3v) is 4.60. The maximum Gasteiger partial charge on any atom is 0.138 e. The first-order valence-corrected chi connectivity index (χ1v) is 6.53. The van der Waals surface area contributed by atoms with Crippen molar-refractivity contribution in [1.29, 1.82) is 0 Å². The van der Waals surface area contributed by atoms with Gasteiger partial charge in [0, 0.05) is 24.7 Å². The first kappa shape index (κ1) is 11.2. The van der Waals surface area contributed by atoms with Crippen LogP contribution in [0.1, 0.15) is 23.9 Å². The molecule has 0 amide bonds. The number of hydrogen-bond donors (Lipinski definition) is 1. The summed E-state index contributed by atoms with van der Waals surface area (Å²) in [6.45, 7) is 11.0. The molecule has 0 radical (unpaired) electrons. The highest BCUT2D eigenvalue weighted by Gasteiger charge is 2.41. The Kier molecular flexibility index (Phi) is 2.71. The monoisotopic (exact) mass is 235 g/mol. The Morgan fingerprint density at radius 1 is 1.41 bits per heavy atom. The van der Waals surface area contributed by atoms with Crippen LogP contribution >= 0.6 is 0 Å². The van der Waals surface area contributed by atoms with Crippen LogP contribution in [0.25, 0.3) is 0 Å². The molecular formula is C13H21N3O. The van der Waals surface area contributed by atoms with Gasteiger partial charge in [-0.15, -0.1) is 0 Å². The van der Waals surface area contributed by atoms with E-state index in [4.69, 9.17) is 4.52 Å². The lowest BCUT2D eigenvalue weighted by Gasteiger charge is -2.24. The molecule has 4 nitrogen and oxygen atoms in total. The van der Waals surface area contributed by atoms with E-state index in [2.05, 4.69) is 22.3 Å². The number of likely N-dealkylation sites (tertiary alicyclic amines) is 1. The van der Waals surface area contributed by atoms with Gasteiger partial charge in [-0.05, 0) is 45.7 Å². The summed E-state index contributed by atoms with van der Waals surface area (Å²) in [7, 11) is 0. The van der Waals surface area contributed by atoms with E-state index in [0.29, 0.717) is 6.04 Å². The maximum atomic E-state index is 5.25. The number of nitrogens with one attached hydrogen (secondary N) is 1. The van der Waals surface area contributed by atoms with Crippen LogP contribution in [0.2, 0.25) is 0 Å². The molecule has 1 aromatic rings. The third-order valence-electron chi connectivity index (χ3n) is 4.60. The molecule has 3 unspecified atom stereocenters. The molecule has 2 aliphatic rings. The van der Waals surface area contributed by atoms with Crippen LogP contribution in [0.5, 0.6) is 0 Å². The van der Waals surface area contributed by atoms with Gasteiger partial charge in [-0.2, -0.15) is 0 Å². The van der Waals surface area contributed by atoms with Crippen LogP contribution in [0.3, 0.4) is 0 Å². The van der Waals surface area contributed by atoms with E-state index < -0.39 is 0 Å². The largest absolute Gasteiger partial charge is 0.361 e. The van der Waals surface area contributed by atoms with Crippen molar-refractivity contribution < 1.29 is 4.52 Å². The molecule has 0 bridgehead atoms. The fourth-order valence-corrected chi connectivity index (χ4v) is 3.40. The van der Waals surface area contributed by atoms with E-state index in [1.807, 2.05) is 13.8 Å². The predicted octanol–water partition coefficient (Wildman–Crippen LogP) is 1.33. The molecule has 4 heteroatoms. The van der Waals surface area contributed by atoms with E-state index in [9.17, 15) is 0 Å². The summed E-state index contributed by atoms with van der Waals surface area (Å²) >= 11 is 0. The van der Waals surface area contributed by atoms with Gasteiger partial charge >= 0.3 is 0 Å². The lowest BCUT2D eigenvalue weighted by atomic mass is 9.95. The van der Waals surface area contributed by atoms with E-state index in [1.165, 1.54) is 25.2 Å². The fourth-order valence-electron chi connectivity index (χ4n) is 3.40. The normalized spacial score (nSPS) is 33.2. The Labute approximate surface area is 102 Å². The van der Waals surface area contributed by atoms with Crippen LogP contribution in [0.4, 0.5) is 0 Å². The first-order chi connectivity index (χ1) is 8.16. The Morgan fingerprint density at radius 3 is 2.88 bits per heavy atom. The topological polar surface area (TPSA) is 41.3 Å². The molecule has 2 saturated heterocycles. The van der Waals surface area contributed by atoms with Crippen molar-refractivity contribution in [2.45, 2.75) is 33.4 Å². The summed E-state index contributed by atoms with van der Waals surface area (Å²) in [6.07, 6.45) is 0. The number of fused-ring (bicyclic) bond motifs is 1. The number of aryl methyl sites for hydroxylation is 2. The first-order valence-electron chi connectivity index (χ1n) is 6.53. The Balaban J connectivity index is 1.75. The molecular weight excluding hydrogens is 214 g/mol. The number of nitrogens with zero attached hydrogens (tertiary/aromatic N) is 2. The summed E-state index contributed by atoms with van der Waals surface area (Å²) in [5.74, 6) is 2.64. The van der Waals surface area contributed by atoms with Gasteiger partial charge in [0.1, 0.15) is 5.76 Å². The second-order valence-corrected chi connectivity index (χ2v) is 5.55. The molecule has 17 heavy (non-hydrogen) atoms. The average Bonchev–Trinajstić information content (AvgIpc) is 2.94. The predicted molar refractivity (Wildman–Crippen MR) is 65.7 cm³/mol. The van der Waals surface area contributed by atoms with Crippen molar-refractivity contribution in [2.24, 2.45) is 11.8 Å². The SMILES string of the molecule is Cc1noc(C)c1CN1CC2CNCC2C1C. The van der Waals surface area contributed by atoms with Crippen LogP contribution in [-0.2, 0) is 6.54 Å². The smallest absolute Gasteiger partial charge is 0.138 e. The van der Waals surface area contributed by atoms with E-state index in [0.717, 1.165) is 29.8 Å². The van der Waals surface area contributed by atoms with Crippen LogP contribution in [0, 0.1) is 25.7 Å². The molecule has 0 aromatic carbocycles. The Hall–Kier alpha value is -0.870. The Morgan fingerprint density at radius 2 is 2.24 bits per heavy atom. The zero-order valence-corrected chi connectivity index (χ0v) is 10.9. The lowest BCUT2D eigenvalue weighted by molar-refractivity contribution is 0.230. The van der Waals surface area contributed by atoms with Crippen molar-refractivity contribution in [3.63, 3.8) is 0 Å². The molecule has 3 rings (SSSR count). The number of aromatic nitrogens is 1. The number of hydrogen-bond acceptors (Lipinski definition) is 4. The molecule has 2 aliphatic heterocycles. The van der Waals surface area contributed by atoms with Crippen LogP contribution in [-0.4, -0.2) is 35.7 Å². The Bertz CT molecular complexity index is 395. The fraction of sp³-hybridized carbons (Fsp3) is 0.769. The van der Waals surface area contributed by atoms with E-state index in [1.54, 1.807) is 0 Å². The van der Waals surface area contributed by atoms with Crippen molar-refractivity contribution in [3.8, 4) is 0 Å². The molecule has 3 atom stereocenters. The molecule has 1 N–H and O–H groups in total. The minimum atomic E-state index is 0.670.